The number of ketones is 1. The van der Waals surface area contributed by atoms with Crippen LogP contribution in [-0.4, -0.2) is 30.3 Å². The first-order valence-corrected chi connectivity index (χ1v) is 6.28. The van der Waals surface area contributed by atoms with Gasteiger partial charge in [0.25, 0.3) is 0 Å². The molecule has 1 fully saturated rings. The molecule has 1 rings (SSSR count). The number of hydrogen-bond donors (Lipinski definition) is 0. The fourth-order valence-corrected chi connectivity index (χ4v) is 1.49. The Bertz CT molecular complexity index is 233. The Morgan fingerprint density at radius 2 is 1.76 bits per heavy atom. The van der Waals surface area contributed by atoms with Gasteiger partial charge in [0.1, 0.15) is 5.78 Å². The molecule has 0 aliphatic carbocycles. The van der Waals surface area contributed by atoms with Crippen molar-refractivity contribution in [2.75, 3.05) is 19.6 Å². The van der Waals surface area contributed by atoms with E-state index in [0.29, 0.717) is 18.6 Å². The van der Waals surface area contributed by atoms with Gasteiger partial charge in [-0.15, -0.1) is 13.2 Å². The van der Waals surface area contributed by atoms with E-state index in [1.165, 1.54) is 5.57 Å². The topological polar surface area (TPSA) is 20.3 Å². The highest BCUT2D eigenvalue weighted by atomic mass is 16.1. The van der Waals surface area contributed by atoms with Gasteiger partial charge in [0.05, 0.1) is 0 Å². The van der Waals surface area contributed by atoms with Gasteiger partial charge < -0.3 is 0 Å². The van der Waals surface area contributed by atoms with Crippen molar-refractivity contribution in [1.82, 2.24) is 4.90 Å². The number of piperidine rings is 1. The lowest BCUT2D eigenvalue weighted by atomic mass is 10.1. The van der Waals surface area contributed by atoms with E-state index in [1.807, 2.05) is 26.8 Å². The van der Waals surface area contributed by atoms with E-state index >= 15 is 0 Å². The molecule has 0 atom stereocenters. The number of nitrogens with zero attached hydrogens (tertiary/aromatic N) is 1. The summed E-state index contributed by atoms with van der Waals surface area (Å²) >= 11 is 0. The molecule has 0 saturated carbocycles. The smallest absolute Gasteiger partial charge is 0.135 e. The van der Waals surface area contributed by atoms with Crippen LogP contribution >= 0.6 is 0 Å². The van der Waals surface area contributed by atoms with Crippen LogP contribution in [0.15, 0.2) is 37.5 Å². The second-order valence-electron chi connectivity index (χ2n) is 3.38. The maximum absolute atomic E-state index is 11.0. The highest BCUT2D eigenvalue weighted by Gasteiger charge is 2.15. The van der Waals surface area contributed by atoms with Crippen molar-refractivity contribution in [2.24, 2.45) is 0 Å². The fraction of sp³-hybridized carbons (Fsp3) is 0.533. The molecule has 0 amide bonds. The molecule has 0 aromatic rings. The van der Waals surface area contributed by atoms with Crippen LogP contribution in [0.3, 0.4) is 0 Å². The van der Waals surface area contributed by atoms with E-state index < -0.39 is 0 Å². The monoisotopic (exact) mass is 237 g/mol. The lowest BCUT2D eigenvalue weighted by Gasteiger charge is -2.25. The molecule has 0 bridgehead atoms. The average molecular weight is 237 g/mol. The minimum absolute atomic E-state index is 0.400. The predicted molar refractivity (Wildman–Crippen MR) is 77.2 cm³/mol. The van der Waals surface area contributed by atoms with Crippen LogP contribution in [0.1, 0.15) is 33.6 Å². The SMILES string of the molecule is C=C.C=C/C(=C\C)CN1CCC(=O)CC1.CC. The first kappa shape index (κ1) is 18.2. The number of carbonyl (C=O) groups excluding carboxylic acids is 1. The van der Waals surface area contributed by atoms with Gasteiger partial charge in [0, 0.05) is 32.5 Å². The number of hydrogen-bond acceptors (Lipinski definition) is 2. The molecule has 1 aliphatic heterocycles. The van der Waals surface area contributed by atoms with E-state index in [2.05, 4.69) is 30.7 Å². The predicted octanol–water partition coefficient (Wildman–Crippen LogP) is 3.61. The Balaban J connectivity index is 0. The molecule has 2 heteroatoms. The van der Waals surface area contributed by atoms with Crippen molar-refractivity contribution in [3.63, 3.8) is 0 Å². The number of rotatable bonds is 3. The summed E-state index contributed by atoms with van der Waals surface area (Å²) in [6, 6.07) is 0. The molecule has 1 saturated heterocycles. The highest BCUT2D eigenvalue weighted by Crippen LogP contribution is 2.08. The molecule has 0 unspecified atom stereocenters. The molecular formula is C15H27NO. The van der Waals surface area contributed by atoms with Gasteiger partial charge in [-0.25, -0.2) is 0 Å². The summed E-state index contributed by atoms with van der Waals surface area (Å²) in [6.45, 7) is 18.5. The van der Waals surface area contributed by atoms with Crippen molar-refractivity contribution in [1.29, 1.82) is 0 Å². The first-order valence-electron chi connectivity index (χ1n) is 6.28. The van der Waals surface area contributed by atoms with Gasteiger partial charge in [-0.2, -0.15) is 0 Å². The third-order valence-electron chi connectivity index (χ3n) is 2.45. The van der Waals surface area contributed by atoms with Crippen LogP contribution in [0.5, 0.6) is 0 Å². The van der Waals surface area contributed by atoms with Gasteiger partial charge in [0.15, 0.2) is 0 Å². The van der Waals surface area contributed by atoms with Crippen LogP contribution in [-0.2, 0) is 4.79 Å². The summed E-state index contributed by atoms with van der Waals surface area (Å²) in [4.78, 5) is 13.3. The third-order valence-corrected chi connectivity index (χ3v) is 2.45. The summed E-state index contributed by atoms with van der Waals surface area (Å²) < 4.78 is 0. The van der Waals surface area contributed by atoms with Crippen LogP contribution in [0.4, 0.5) is 0 Å². The van der Waals surface area contributed by atoms with E-state index in [9.17, 15) is 4.79 Å². The Morgan fingerprint density at radius 3 is 2.12 bits per heavy atom. The number of Topliss-reactive ketones (excluding diaryl/α,β-unsaturated/α-hetero) is 1. The second-order valence-corrected chi connectivity index (χ2v) is 3.38. The molecule has 0 aromatic heterocycles. The summed E-state index contributed by atoms with van der Waals surface area (Å²) in [7, 11) is 0. The Hall–Kier alpha value is -1.15. The third kappa shape index (κ3) is 8.64. The van der Waals surface area contributed by atoms with Crippen LogP contribution in [0.2, 0.25) is 0 Å². The first-order chi connectivity index (χ1) is 8.26. The lowest BCUT2D eigenvalue weighted by Crippen LogP contribution is -2.34. The molecule has 1 heterocycles. The standard InChI is InChI=1S/C11H17NO.C2H6.C2H4/c1-3-10(4-2)9-12-7-5-11(13)6-8-12;2*1-2/h3-4H,1,5-9H2,2H3;1-2H3;1-2H2/b10-4+;;. The fourth-order valence-electron chi connectivity index (χ4n) is 1.49. The summed E-state index contributed by atoms with van der Waals surface area (Å²) in [5, 5.41) is 0. The minimum atomic E-state index is 0.400. The molecule has 1 aliphatic rings. The zero-order chi connectivity index (χ0) is 13.7. The molecule has 0 spiro atoms. The van der Waals surface area contributed by atoms with Crippen molar-refractivity contribution in [3.05, 3.63) is 37.5 Å². The summed E-state index contributed by atoms with van der Waals surface area (Å²) in [5.74, 6) is 0.400. The van der Waals surface area contributed by atoms with E-state index in [1.54, 1.807) is 0 Å². The zero-order valence-corrected chi connectivity index (χ0v) is 11.7. The van der Waals surface area contributed by atoms with Crippen LogP contribution < -0.4 is 0 Å². The largest absolute Gasteiger partial charge is 0.300 e. The lowest BCUT2D eigenvalue weighted by molar-refractivity contribution is -0.121. The van der Waals surface area contributed by atoms with Crippen molar-refractivity contribution in [3.8, 4) is 0 Å². The van der Waals surface area contributed by atoms with Crippen LogP contribution in [0, 0.1) is 0 Å². The molecule has 0 N–H and O–H groups in total. The summed E-state index contributed by atoms with van der Waals surface area (Å²) in [6.07, 6.45) is 5.39. The van der Waals surface area contributed by atoms with Gasteiger partial charge in [-0.1, -0.05) is 32.6 Å². The Morgan fingerprint density at radius 1 is 1.29 bits per heavy atom. The van der Waals surface area contributed by atoms with E-state index in [-0.39, 0.29) is 0 Å². The van der Waals surface area contributed by atoms with E-state index in [4.69, 9.17) is 0 Å². The maximum Gasteiger partial charge on any atom is 0.135 e. The molecule has 17 heavy (non-hydrogen) atoms. The van der Waals surface area contributed by atoms with Crippen molar-refractivity contribution >= 4 is 5.78 Å². The van der Waals surface area contributed by atoms with E-state index in [0.717, 1.165) is 19.6 Å². The van der Waals surface area contributed by atoms with Gasteiger partial charge >= 0.3 is 0 Å². The summed E-state index contributed by atoms with van der Waals surface area (Å²) in [5.41, 5.74) is 1.24. The highest BCUT2D eigenvalue weighted by molar-refractivity contribution is 5.79. The Kier molecular flexibility index (Phi) is 13.8. The molecule has 2 nitrogen and oxygen atoms in total. The van der Waals surface area contributed by atoms with Gasteiger partial charge in [-0.3, -0.25) is 9.69 Å². The average Bonchev–Trinajstić information content (AvgIpc) is 2.42. The maximum atomic E-state index is 11.0. The molecule has 0 aromatic carbocycles. The van der Waals surface area contributed by atoms with Crippen molar-refractivity contribution in [2.45, 2.75) is 33.6 Å². The molecule has 0 radical (unpaired) electrons. The van der Waals surface area contributed by atoms with Gasteiger partial charge in [-0.05, 0) is 12.5 Å². The molecule has 98 valence electrons. The zero-order valence-electron chi connectivity index (χ0n) is 11.7. The Labute approximate surface area is 107 Å². The van der Waals surface area contributed by atoms with Gasteiger partial charge in [0.2, 0.25) is 0 Å². The number of allylic oxidation sites excluding steroid dienone is 1. The number of likely N-dealkylation sites (tertiary alicyclic amines) is 1. The second kappa shape index (κ2) is 12.9. The van der Waals surface area contributed by atoms with Crippen molar-refractivity contribution < 1.29 is 4.79 Å². The number of carbonyl (C=O) groups is 1. The quantitative estimate of drug-likeness (QED) is 0.552. The van der Waals surface area contributed by atoms with Crippen LogP contribution in [0.25, 0.3) is 0 Å². The minimum Gasteiger partial charge on any atom is -0.300 e. The molecular weight excluding hydrogens is 210 g/mol. The normalized spacial score (nSPS) is 16.2.